The first-order valence-electron chi connectivity index (χ1n) is 11.1. The number of nitrogens with zero attached hydrogens (tertiary/aromatic N) is 2. The van der Waals surface area contributed by atoms with E-state index >= 15 is 0 Å². The maximum atomic E-state index is 13.6. The fraction of sp³-hybridized carbons (Fsp3) is 0.214. The Morgan fingerprint density at radius 2 is 1.50 bits per heavy atom. The van der Waals surface area contributed by atoms with Crippen LogP contribution in [0.25, 0.3) is 22.6 Å². The predicted octanol–water partition coefficient (Wildman–Crippen LogP) is 6.34. The van der Waals surface area contributed by atoms with E-state index in [1.807, 2.05) is 72.2 Å². The van der Waals surface area contributed by atoms with Crippen molar-refractivity contribution in [2.24, 2.45) is 0 Å². The number of imidazole rings is 1. The molecule has 0 aliphatic heterocycles. The van der Waals surface area contributed by atoms with E-state index in [9.17, 15) is 4.79 Å². The molecule has 162 valence electrons. The molecule has 4 aromatic rings. The summed E-state index contributed by atoms with van der Waals surface area (Å²) in [6.07, 6.45) is 0. The minimum Gasteiger partial charge on any atom is -0.344 e. The van der Waals surface area contributed by atoms with Gasteiger partial charge in [0.15, 0.2) is 0 Å². The molecule has 4 heteroatoms. The number of aryl methyl sites for hydroxylation is 2. The van der Waals surface area contributed by atoms with Gasteiger partial charge < -0.3 is 9.88 Å². The Morgan fingerprint density at radius 1 is 0.906 bits per heavy atom. The van der Waals surface area contributed by atoms with Gasteiger partial charge in [-0.05, 0) is 45.4 Å². The monoisotopic (exact) mass is 423 g/mol. The van der Waals surface area contributed by atoms with E-state index in [0.29, 0.717) is 12.2 Å². The Bertz CT molecular complexity index is 1210. The third kappa shape index (κ3) is 4.35. The van der Waals surface area contributed by atoms with Crippen molar-refractivity contribution in [1.29, 1.82) is 0 Å². The number of amides is 1. The summed E-state index contributed by atoms with van der Waals surface area (Å²) in [5, 5.41) is 3.19. The van der Waals surface area contributed by atoms with Gasteiger partial charge in [0, 0.05) is 17.7 Å². The minimum atomic E-state index is -0.118. The van der Waals surface area contributed by atoms with Crippen molar-refractivity contribution < 1.29 is 4.79 Å². The standard InChI is InChI=1S/C28H29N3O/c1-5-31-26(28(32)29-21(4)22-12-8-6-9-13-22)25(24-17-19(2)16-20(3)18-24)30-27(31)23-14-10-7-11-15-23/h6-18,21H,5H2,1-4H3,(H,29,32)/t21-/m0/s1. The number of hydrogen-bond acceptors (Lipinski definition) is 2. The van der Waals surface area contributed by atoms with Gasteiger partial charge in [-0.3, -0.25) is 4.79 Å². The first kappa shape index (κ1) is 21.6. The van der Waals surface area contributed by atoms with Crippen LogP contribution in [0.2, 0.25) is 0 Å². The Labute approximate surface area is 190 Å². The Kier molecular flexibility index (Phi) is 6.22. The zero-order chi connectivity index (χ0) is 22.7. The van der Waals surface area contributed by atoms with Crippen LogP contribution in [-0.2, 0) is 6.54 Å². The zero-order valence-corrected chi connectivity index (χ0v) is 19.1. The summed E-state index contributed by atoms with van der Waals surface area (Å²) < 4.78 is 2.02. The van der Waals surface area contributed by atoms with E-state index in [1.54, 1.807) is 0 Å². The first-order chi connectivity index (χ1) is 15.5. The Hall–Kier alpha value is -3.66. The number of hydrogen-bond donors (Lipinski definition) is 1. The maximum absolute atomic E-state index is 13.6. The van der Waals surface area contributed by atoms with Crippen molar-refractivity contribution in [1.82, 2.24) is 14.9 Å². The SMILES string of the molecule is CCn1c(-c2ccccc2)nc(-c2cc(C)cc(C)c2)c1C(=O)N[C@@H](C)c1ccccc1. The van der Waals surface area contributed by atoms with E-state index in [1.165, 1.54) is 0 Å². The van der Waals surface area contributed by atoms with Crippen LogP contribution in [0.15, 0.2) is 78.9 Å². The molecule has 4 nitrogen and oxygen atoms in total. The molecule has 1 heterocycles. The van der Waals surface area contributed by atoms with Crippen LogP contribution in [-0.4, -0.2) is 15.5 Å². The number of carbonyl (C=O) groups excluding carboxylic acids is 1. The summed E-state index contributed by atoms with van der Waals surface area (Å²) in [7, 11) is 0. The number of benzene rings is 3. The van der Waals surface area contributed by atoms with Crippen LogP contribution < -0.4 is 5.32 Å². The van der Waals surface area contributed by atoms with E-state index in [-0.39, 0.29) is 11.9 Å². The van der Waals surface area contributed by atoms with Crippen molar-refractivity contribution in [3.8, 4) is 22.6 Å². The number of nitrogens with one attached hydrogen (secondary N) is 1. The topological polar surface area (TPSA) is 46.9 Å². The third-order valence-electron chi connectivity index (χ3n) is 5.67. The average Bonchev–Trinajstić information content (AvgIpc) is 3.19. The molecule has 0 saturated heterocycles. The minimum absolute atomic E-state index is 0.115. The van der Waals surface area contributed by atoms with Gasteiger partial charge in [-0.2, -0.15) is 0 Å². The molecule has 32 heavy (non-hydrogen) atoms. The normalized spacial score (nSPS) is 11.9. The van der Waals surface area contributed by atoms with E-state index in [0.717, 1.165) is 39.3 Å². The molecule has 4 rings (SSSR count). The van der Waals surface area contributed by atoms with Gasteiger partial charge in [-0.25, -0.2) is 4.98 Å². The second-order valence-electron chi connectivity index (χ2n) is 8.23. The van der Waals surface area contributed by atoms with E-state index < -0.39 is 0 Å². The summed E-state index contributed by atoms with van der Waals surface area (Å²) in [4.78, 5) is 18.7. The highest BCUT2D eigenvalue weighted by molar-refractivity contribution is 6.00. The smallest absolute Gasteiger partial charge is 0.270 e. The lowest BCUT2D eigenvalue weighted by atomic mass is 10.0. The molecule has 0 saturated carbocycles. The Balaban J connectivity index is 1.85. The van der Waals surface area contributed by atoms with Crippen molar-refractivity contribution in [3.05, 3.63) is 101 Å². The maximum Gasteiger partial charge on any atom is 0.270 e. The average molecular weight is 424 g/mol. The fourth-order valence-electron chi connectivity index (χ4n) is 4.20. The van der Waals surface area contributed by atoms with E-state index in [2.05, 4.69) is 44.3 Å². The summed E-state index contributed by atoms with van der Waals surface area (Å²) >= 11 is 0. The summed E-state index contributed by atoms with van der Waals surface area (Å²) in [5.41, 5.74) is 6.64. The molecular formula is C28H29N3O. The molecule has 0 radical (unpaired) electrons. The van der Waals surface area contributed by atoms with Crippen LogP contribution in [0.4, 0.5) is 0 Å². The van der Waals surface area contributed by atoms with Gasteiger partial charge in [0.25, 0.3) is 5.91 Å². The third-order valence-corrected chi connectivity index (χ3v) is 5.67. The molecule has 1 amide bonds. The quantitative estimate of drug-likeness (QED) is 0.393. The number of aromatic nitrogens is 2. The van der Waals surface area contributed by atoms with Gasteiger partial charge in [-0.1, -0.05) is 77.9 Å². The summed E-state index contributed by atoms with van der Waals surface area (Å²) in [6.45, 7) is 8.85. The second kappa shape index (κ2) is 9.23. The van der Waals surface area contributed by atoms with Crippen molar-refractivity contribution in [3.63, 3.8) is 0 Å². The lowest BCUT2D eigenvalue weighted by molar-refractivity contribution is 0.0931. The van der Waals surface area contributed by atoms with Gasteiger partial charge in [0.2, 0.25) is 0 Å². The largest absolute Gasteiger partial charge is 0.344 e. The second-order valence-corrected chi connectivity index (χ2v) is 8.23. The molecule has 0 bridgehead atoms. The van der Waals surface area contributed by atoms with Crippen LogP contribution in [0.3, 0.4) is 0 Å². The first-order valence-corrected chi connectivity index (χ1v) is 11.1. The van der Waals surface area contributed by atoms with Gasteiger partial charge in [0.05, 0.1) is 6.04 Å². The molecule has 1 N–H and O–H groups in total. The van der Waals surface area contributed by atoms with Crippen LogP contribution >= 0.6 is 0 Å². The molecule has 1 aromatic heterocycles. The molecule has 0 fully saturated rings. The number of carbonyl (C=O) groups is 1. The fourth-order valence-corrected chi connectivity index (χ4v) is 4.20. The highest BCUT2D eigenvalue weighted by Crippen LogP contribution is 2.31. The number of rotatable bonds is 6. The molecule has 0 aliphatic rings. The van der Waals surface area contributed by atoms with Crippen LogP contribution in [0, 0.1) is 13.8 Å². The van der Waals surface area contributed by atoms with Gasteiger partial charge in [0.1, 0.15) is 17.2 Å². The lowest BCUT2D eigenvalue weighted by Gasteiger charge is -2.16. The van der Waals surface area contributed by atoms with Crippen molar-refractivity contribution in [2.75, 3.05) is 0 Å². The van der Waals surface area contributed by atoms with Gasteiger partial charge in [-0.15, -0.1) is 0 Å². The molecular weight excluding hydrogens is 394 g/mol. The zero-order valence-electron chi connectivity index (χ0n) is 19.1. The highest BCUT2D eigenvalue weighted by atomic mass is 16.2. The van der Waals surface area contributed by atoms with Crippen LogP contribution in [0.1, 0.15) is 47.1 Å². The van der Waals surface area contributed by atoms with E-state index in [4.69, 9.17) is 4.98 Å². The van der Waals surface area contributed by atoms with Crippen molar-refractivity contribution >= 4 is 5.91 Å². The molecule has 3 aromatic carbocycles. The summed E-state index contributed by atoms with van der Waals surface area (Å²) in [5.74, 6) is 0.687. The van der Waals surface area contributed by atoms with Gasteiger partial charge >= 0.3 is 0 Å². The van der Waals surface area contributed by atoms with Crippen LogP contribution in [0.5, 0.6) is 0 Å². The van der Waals surface area contributed by atoms with Crippen molar-refractivity contribution in [2.45, 2.75) is 40.3 Å². The predicted molar refractivity (Wildman–Crippen MR) is 131 cm³/mol. The lowest BCUT2D eigenvalue weighted by Crippen LogP contribution is -2.29. The Morgan fingerprint density at radius 3 is 2.09 bits per heavy atom. The molecule has 0 aliphatic carbocycles. The highest BCUT2D eigenvalue weighted by Gasteiger charge is 2.25. The summed E-state index contributed by atoms with van der Waals surface area (Å²) in [6, 6.07) is 26.3. The molecule has 1 atom stereocenters. The molecule has 0 unspecified atom stereocenters. The molecule has 0 spiro atoms.